The number of carbonyl (C=O) groups is 1. The van der Waals surface area contributed by atoms with Gasteiger partial charge in [-0.15, -0.1) is 11.3 Å². The maximum atomic E-state index is 10.5. The molecule has 21 heavy (non-hydrogen) atoms. The van der Waals surface area contributed by atoms with Crippen molar-refractivity contribution >= 4 is 28.1 Å². The van der Waals surface area contributed by atoms with Crippen LogP contribution in [0.15, 0.2) is 23.6 Å². The standard InChI is InChI=1S/C14H16N2O4S/c1-19-10-4-5-11(12(7-10)20-2)16-14-15-9(8-21-14)3-6-13(17)18/h4-5,7-8H,3,6H2,1-2H3,(H,15,16)(H,17,18). The van der Waals surface area contributed by atoms with Crippen LogP contribution in [-0.4, -0.2) is 30.3 Å². The van der Waals surface area contributed by atoms with E-state index in [0.29, 0.717) is 23.1 Å². The number of benzene rings is 1. The lowest BCUT2D eigenvalue weighted by Gasteiger charge is -2.10. The molecule has 7 heteroatoms. The molecular weight excluding hydrogens is 292 g/mol. The van der Waals surface area contributed by atoms with Crippen LogP contribution < -0.4 is 14.8 Å². The highest BCUT2D eigenvalue weighted by Crippen LogP contribution is 2.32. The number of nitrogens with one attached hydrogen (secondary N) is 1. The molecule has 2 N–H and O–H groups in total. The number of carboxylic acids is 1. The second-order valence-electron chi connectivity index (χ2n) is 4.23. The molecule has 0 aliphatic heterocycles. The molecule has 0 fully saturated rings. The SMILES string of the molecule is COc1ccc(Nc2nc(CCC(=O)O)cs2)c(OC)c1. The number of ether oxygens (including phenoxy) is 2. The lowest BCUT2D eigenvalue weighted by Crippen LogP contribution is -1.98. The average Bonchev–Trinajstić information content (AvgIpc) is 2.93. The van der Waals surface area contributed by atoms with Gasteiger partial charge in [-0.1, -0.05) is 0 Å². The van der Waals surface area contributed by atoms with Gasteiger partial charge in [0.05, 0.1) is 32.0 Å². The molecule has 0 bridgehead atoms. The smallest absolute Gasteiger partial charge is 0.303 e. The summed E-state index contributed by atoms with van der Waals surface area (Å²) in [5.41, 5.74) is 1.54. The van der Waals surface area contributed by atoms with E-state index in [1.54, 1.807) is 20.3 Å². The first-order chi connectivity index (χ1) is 10.1. The minimum absolute atomic E-state index is 0.0784. The minimum atomic E-state index is -0.825. The lowest BCUT2D eigenvalue weighted by atomic mass is 10.2. The molecule has 0 unspecified atom stereocenters. The van der Waals surface area contributed by atoms with Gasteiger partial charge in [-0.3, -0.25) is 4.79 Å². The maximum absolute atomic E-state index is 10.5. The Bertz CT molecular complexity index is 627. The van der Waals surface area contributed by atoms with Gasteiger partial charge in [0.25, 0.3) is 0 Å². The second-order valence-corrected chi connectivity index (χ2v) is 5.09. The molecule has 0 spiro atoms. The van der Waals surface area contributed by atoms with Crippen molar-refractivity contribution in [3.05, 3.63) is 29.3 Å². The van der Waals surface area contributed by atoms with Gasteiger partial charge in [0, 0.05) is 17.9 Å². The van der Waals surface area contributed by atoms with Crippen molar-refractivity contribution in [3.63, 3.8) is 0 Å². The zero-order valence-electron chi connectivity index (χ0n) is 11.8. The molecule has 0 aliphatic carbocycles. The average molecular weight is 308 g/mol. The van der Waals surface area contributed by atoms with E-state index in [2.05, 4.69) is 10.3 Å². The maximum Gasteiger partial charge on any atom is 0.303 e. The first-order valence-corrected chi connectivity index (χ1v) is 7.15. The molecule has 0 saturated carbocycles. The Kier molecular flexibility index (Phi) is 4.99. The van der Waals surface area contributed by atoms with E-state index < -0.39 is 5.97 Å². The van der Waals surface area contributed by atoms with E-state index >= 15 is 0 Å². The van der Waals surface area contributed by atoms with Crippen molar-refractivity contribution in [2.45, 2.75) is 12.8 Å². The highest BCUT2D eigenvalue weighted by Gasteiger charge is 2.09. The Hall–Kier alpha value is -2.28. The number of aryl methyl sites for hydroxylation is 1. The Morgan fingerprint density at radius 2 is 2.19 bits per heavy atom. The number of aromatic nitrogens is 1. The molecular formula is C14H16N2O4S. The van der Waals surface area contributed by atoms with Crippen molar-refractivity contribution in [1.82, 2.24) is 4.98 Å². The number of aliphatic carboxylic acids is 1. The van der Waals surface area contributed by atoms with Gasteiger partial charge in [-0.25, -0.2) is 4.98 Å². The molecule has 112 valence electrons. The largest absolute Gasteiger partial charge is 0.497 e. The summed E-state index contributed by atoms with van der Waals surface area (Å²) in [6, 6.07) is 5.45. The van der Waals surface area contributed by atoms with Crippen LogP contribution in [0.3, 0.4) is 0 Å². The van der Waals surface area contributed by atoms with E-state index in [-0.39, 0.29) is 6.42 Å². The van der Waals surface area contributed by atoms with Gasteiger partial charge in [-0.05, 0) is 12.1 Å². The van der Waals surface area contributed by atoms with Crippen LogP contribution >= 0.6 is 11.3 Å². The van der Waals surface area contributed by atoms with Gasteiger partial charge in [-0.2, -0.15) is 0 Å². The van der Waals surface area contributed by atoms with Crippen LogP contribution in [-0.2, 0) is 11.2 Å². The number of rotatable bonds is 7. The summed E-state index contributed by atoms with van der Waals surface area (Å²) in [7, 11) is 3.18. The van der Waals surface area contributed by atoms with Crippen molar-refractivity contribution in [3.8, 4) is 11.5 Å². The zero-order valence-corrected chi connectivity index (χ0v) is 12.6. The predicted octanol–water partition coefficient (Wildman–Crippen LogP) is 2.92. The van der Waals surface area contributed by atoms with Crippen LogP contribution in [0.4, 0.5) is 10.8 Å². The highest BCUT2D eigenvalue weighted by atomic mass is 32.1. The molecule has 0 atom stereocenters. The van der Waals surface area contributed by atoms with Crippen LogP contribution in [0.25, 0.3) is 0 Å². The van der Waals surface area contributed by atoms with Crippen molar-refractivity contribution in [1.29, 1.82) is 0 Å². The fraction of sp³-hybridized carbons (Fsp3) is 0.286. The number of thiazole rings is 1. The quantitative estimate of drug-likeness (QED) is 0.818. The first kappa shape index (κ1) is 15.1. The first-order valence-electron chi connectivity index (χ1n) is 6.27. The van der Waals surface area contributed by atoms with Crippen LogP contribution in [0.2, 0.25) is 0 Å². The molecule has 2 rings (SSSR count). The van der Waals surface area contributed by atoms with Crippen LogP contribution in [0.5, 0.6) is 11.5 Å². The second kappa shape index (κ2) is 6.94. The molecule has 6 nitrogen and oxygen atoms in total. The normalized spacial score (nSPS) is 10.2. The Morgan fingerprint density at radius 1 is 1.38 bits per heavy atom. The van der Waals surface area contributed by atoms with Crippen molar-refractivity contribution in [2.75, 3.05) is 19.5 Å². The molecule has 0 aliphatic rings. The van der Waals surface area contributed by atoms with E-state index in [1.165, 1.54) is 11.3 Å². The van der Waals surface area contributed by atoms with E-state index in [1.807, 2.05) is 17.5 Å². The third kappa shape index (κ3) is 4.09. The highest BCUT2D eigenvalue weighted by molar-refractivity contribution is 7.13. The number of hydrogen-bond donors (Lipinski definition) is 2. The van der Waals surface area contributed by atoms with E-state index in [0.717, 1.165) is 11.4 Å². The van der Waals surface area contributed by atoms with Crippen LogP contribution in [0.1, 0.15) is 12.1 Å². The van der Waals surface area contributed by atoms with Gasteiger partial charge < -0.3 is 19.9 Å². The van der Waals surface area contributed by atoms with E-state index in [9.17, 15) is 4.79 Å². The third-order valence-corrected chi connectivity index (χ3v) is 3.60. The van der Waals surface area contributed by atoms with Gasteiger partial charge in [0.15, 0.2) is 5.13 Å². The van der Waals surface area contributed by atoms with Gasteiger partial charge in [0.1, 0.15) is 11.5 Å². The predicted molar refractivity (Wildman–Crippen MR) is 80.9 cm³/mol. The summed E-state index contributed by atoms with van der Waals surface area (Å²) in [5.74, 6) is 0.532. The molecule has 0 saturated heterocycles. The fourth-order valence-electron chi connectivity index (χ4n) is 1.73. The minimum Gasteiger partial charge on any atom is -0.497 e. The topological polar surface area (TPSA) is 80.7 Å². The number of anilines is 2. The van der Waals surface area contributed by atoms with E-state index in [4.69, 9.17) is 14.6 Å². The summed E-state index contributed by atoms with van der Waals surface area (Å²) in [5, 5.41) is 14.4. The lowest BCUT2D eigenvalue weighted by molar-refractivity contribution is -0.136. The zero-order chi connectivity index (χ0) is 15.2. The Balaban J connectivity index is 2.09. The Morgan fingerprint density at radius 3 is 2.86 bits per heavy atom. The summed E-state index contributed by atoms with van der Waals surface area (Å²) in [4.78, 5) is 14.9. The Labute approximate surface area is 126 Å². The van der Waals surface area contributed by atoms with Crippen molar-refractivity contribution < 1.29 is 19.4 Å². The molecule has 0 amide bonds. The van der Waals surface area contributed by atoms with Gasteiger partial charge in [0.2, 0.25) is 0 Å². The third-order valence-electron chi connectivity index (χ3n) is 2.80. The molecule has 0 radical (unpaired) electrons. The van der Waals surface area contributed by atoms with Crippen molar-refractivity contribution in [2.24, 2.45) is 0 Å². The number of hydrogen-bond acceptors (Lipinski definition) is 6. The fourth-order valence-corrected chi connectivity index (χ4v) is 2.49. The molecule has 1 aromatic carbocycles. The van der Waals surface area contributed by atoms with Crippen LogP contribution in [0, 0.1) is 0 Å². The summed E-state index contributed by atoms with van der Waals surface area (Å²) < 4.78 is 10.4. The molecule has 2 aromatic rings. The number of nitrogens with zero attached hydrogens (tertiary/aromatic N) is 1. The number of methoxy groups -OCH3 is 2. The molecule has 1 heterocycles. The molecule has 1 aromatic heterocycles. The van der Waals surface area contributed by atoms with Gasteiger partial charge >= 0.3 is 5.97 Å². The summed E-state index contributed by atoms with van der Waals surface area (Å²) in [6.07, 6.45) is 0.502. The number of carboxylic acid groups (broad SMARTS) is 1. The summed E-state index contributed by atoms with van der Waals surface area (Å²) in [6.45, 7) is 0. The monoisotopic (exact) mass is 308 g/mol. The summed E-state index contributed by atoms with van der Waals surface area (Å²) >= 11 is 1.42.